The van der Waals surface area contributed by atoms with Crippen LogP contribution in [-0.4, -0.2) is 99.9 Å². The van der Waals surface area contributed by atoms with E-state index < -0.39 is 112 Å². The Morgan fingerprint density at radius 1 is 0.900 bits per heavy atom. The zero-order valence-corrected chi connectivity index (χ0v) is 35.0. The van der Waals surface area contributed by atoms with Crippen LogP contribution in [0.1, 0.15) is 96.6 Å². The van der Waals surface area contributed by atoms with Crippen molar-refractivity contribution in [3.63, 3.8) is 0 Å². The van der Waals surface area contributed by atoms with E-state index in [-0.39, 0.29) is 35.7 Å². The largest absolute Gasteiger partial charge is 0.456 e. The van der Waals surface area contributed by atoms with Gasteiger partial charge in [-0.25, -0.2) is 14.4 Å². The van der Waals surface area contributed by atoms with E-state index in [1.807, 2.05) is 0 Å². The number of aliphatic hydroxyl groups excluding tert-OH is 1. The van der Waals surface area contributed by atoms with Crippen molar-refractivity contribution in [2.45, 2.75) is 128 Å². The Bertz CT molecular complexity index is 2110. The Kier molecular flexibility index (Phi) is 10.8. The van der Waals surface area contributed by atoms with Gasteiger partial charge in [-0.15, -0.1) is 0 Å². The minimum Gasteiger partial charge on any atom is -0.456 e. The van der Waals surface area contributed by atoms with Gasteiger partial charge in [0.2, 0.25) is 0 Å². The molecule has 0 aromatic heterocycles. The van der Waals surface area contributed by atoms with Gasteiger partial charge in [-0.3, -0.25) is 14.4 Å². The number of carbonyl (C=O) groups is 6. The first-order chi connectivity index (χ1) is 28.1. The second-order valence-corrected chi connectivity index (χ2v) is 18.3. The maximum atomic E-state index is 15.4. The van der Waals surface area contributed by atoms with Crippen molar-refractivity contribution in [3.05, 3.63) is 82.9 Å². The summed E-state index contributed by atoms with van der Waals surface area (Å²) < 4.78 is 36.0. The summed E-state index contributed by atoms with van der Waals surface area (Å²) in [5.74, 6) is -5.65. The molecule has 1 heterocycles. The van der Waals surface area contributed by atoms with Crippen LogP contribution < -0.4 is 5.32 Å². The van der Waals surface area contributed by atoms with Crippen molar-refractivity contribution in [2.75, 3.05) is 6.61 Å². The predicted molar refractivity (Wildman–Crippen MR) is 210 cm³/mol. The molecule has 11 atom stereocenters. The summed E-state index contributed by atoms with van der Waals surface area (Å²) >= 11 is 0. The molecule has 2 aromatic carbocycles. The molecule has 322 valence electrons. The van der Waals surface area contributed by atoms with Crippen molar-refractivity contribution in [3.8, 4) is 0 Å². The lowest BCUT2D eigenvalue weighted by Gasteiger charge is -2.64. The number of ketones is 1. The number of hydrogen-bond acceptors (Lipinski definition) is 14. The molecule has 4 fully saturated rings. The third kappa shape index (κ3) is 7.07. The van der Waals surface area contributed by atoms with Gasteiger partial charge in [0, 0.05) is 31.1 Å². The third-order valence-electron chi connectivity index (χ3n) is 13.2. The fourth-order valence-electron chi connectivity index (χ4n) is 10.4. The molecular formula is C45H53NO14. The van der Waals surface area contributed by atoms with Crippen LogP contribution in [-0.2, 0) is 47.6 Å². The molecule has 2 bridgehead atoms. The first-order valence-corrected chi connectivity index (χ1v) is 20.2. The quantitative estimate of drug-likeness (QED) is 0.181. The van der Waals surface area contributed by atoms with Crippen LogP contribution in [0.5, 0.6) is 0 Å². The first-order valence-electron chi connectivity index (χ1n) is 20.2. The smallest absolute Gasteiger partial charge is 0.408 e. The Balaban J connectivity index is 1.37. The second kappa shape index (κ2) is 15.1. The van der Waals surface area contributed by atoms with Gasteiger partial charge in [-0.1, -0.05) is 62.4 Å². The van der Waals surface area contributed by atoms with Crippen LogP contribution in [0, 0.1) is 22.7 Å². The molecule has 4 aliphatic carbocycles. The number of alkyl carbamates (subject to hydrolysis) is 1. The molecule has 1 aliphatic heterocycles. The molecule has 60 heavy (non-hydrogen) atoms. The number of carbonyl (C=O) groups excluding carboxylic acids is 6. The molecule has 15 heteroatoms. The molecule has 5 aliphatic rings. The highest BCUT2D eigenvalue weighted by molar-refractivity contribution is 5.97. The number of nitrogens with one attached hydrogen (secondary N) is 1. The van der Waals surface area contributed by atoms with Crippen LogP contribution in [0.15, 0.2) is 71.8 Å². The minimum absolute atomic E-state index is 0.128. The summed E-state index contributed by atoms with van der Waals surface area (Å²) in [5.41, 5.74) is -6.79. The van der Waals surface area contributed by atoms with E-state index in [1.54, 1.807) is 90.1 Å². The lowest BCUT2D eigenvalue weighted by atomic mass is 9.48. The van der Waals surface area contributed by atoms with E-state index in [0.717, 1.165) is 6.92 Å². The van der Waals surface area contributed by atoms with E-state index >= 15 is 4.79 Å². The highest BCUT2D eigenvalue weighted by atomic mass is 16.6. The van der Waals surface area contributed by atoms with Gasteiger partial charge in [0.05, 0.1) is 24.1 Å². The maximum Gasteiger partial charge on any atom is 0.408 e. The summed E-state index contributed by atoms with van der Waals surface area (Å²) in [6.07, 6.45) is -8.18. The third-order valence-corrected chi connectivity index (χ3v) is 13.2. The van der Waals surface area contributed by atoms with Crippen molar-refractivity contribution in [1.29, 1.82) is 0 Å². The van der Waals surface area contributed by atoms with Crippen LogP contribution in [0.3, 0.4) is 0 Å². The fourth-order valence-corrected chi connectivity index (χ4v) is 10.4. The van der Waals surface area contributed by atoms with Gasteiger partial charge in [0.1, 0.15) is 29.5 Å². The molecule has 7 rings (SSSR count). The molecule has 3 N–H and O–H groups in total. The van der Waals surface area contributed by atoms with E-state index in [1.165, 1.54) is 19.1 Å². The normalized spacial score (nSPS) is 33.3. The zero-order valence-electron chi connectivity index (χ0n) is 35.0. The van der Waals surface area contributed by atoms with Crippen LogP contribution in [0.2, 0.25) is 0 Å². The number of rotatable bonds is 9. The average molecular weight is 832 g/mol. The van der Waals surface area contributed by atoms with Crippen LogP contribution >= 0.6 is 0 Å². The SMILES string of the molecule is CC(=O)O[C@@H]1C(=O)[C@]23C[C@H]2C[C@H]2OC[C@@]2(OC(C)=O)[C@H]3[C@H](OC(=O)c2ccccc2)[C@]2(O)C[C@H](OC(=O)[C@H](O)[C@@H](NC(=O)OC(C)(C)C)c3ccccc3)C(C)=C1C2(C)C. The van der Waals surface area contributed by atoms with Crippen molar-refractivity contribution in [1.82, 2.24) is 5.32 Å². The summed E-state index contributed by atoms with van der Waals surface area (Å²) in [6.45, 7) is 12.0. The van der Waals surface area contributed by atoms with Gasteiger partial charge in [-0.2, -0.15) is 0 Å². The first kappa shape index (κ1) is 43.0. The highest BCUT2D eigenvalue weighted by Crippen LogP contribution is 2.74. The Morgan fingerprint density at radius 3 is 2.10 bits per heavy atom. The summed E-state index contributed by atoms with van der Waals surface area (Å²) in [7, 11) is 0. The number of hydrogen-bond donors (Lipinski definition) is 3. The molecule has 1 spiro atoms. The molecule has 0 unspecified atom stereocenters. The molecular weight excluding hydrogens is 778 g/mol. The average Bonchev–Trinajstić information content (AvgIpc) is 3.90. The van der Waals surface area contributed by atoms with Crippen LogP contribution in [0.4, 0.5) is 4.79 Å². The van der Waals surface area contributed by atoms with Gasteiger partial charge in [0.15, 0.2) is 23.6 Å². The Morgan fingerprint density at radius 2 is 1.53 bits per heavy atom. The highest BCUT2D eigenvalue weighted by Gasteiger charge is 2.84. The second-order valence-electron chi connectivity index (χ2n) is 18.3. The number of benzene rings is 2. The summed E-state index contributed by atoms with van der Waals surface area (Å²) in [4.78, 5) is 82.8. The monoisotopic (exact) mass is 831 g/mol. The van der Waals surface area contributed by atoms with E-state index in [0.29, 0.717) is 12.0 Å². The zero-order chi connectivity index (χ0) is 43.7. The lowest BCUT2D eigenvalue weighted by Crippen LogP contribution is -2.78. The summed E-state index contributed by atoms with van der Waals surface area (Å²) in [5, 5.41) is 27.9. The van der Waals surface area contributed by atoms with Gasteiger partial charge < -0.3 is 44.0 Å². The van der Waals surface area contributed by atoms with Crippen molar-refractivity contribution < 1.29 is 67.4 Å². The molecule has 1 amide bonds. The maximum absolute atomic E-state index is 15.4. The molecule has 15 nitrogen and oxygen atoms in total. The van der Waals surface area contributed by atoms with Gasteiger partial charge in [-0.05, 0) is 75.3 Å². The van der Waals surface area contributed by atoms with Crippen molar-refractivity contribution in [2.24, 2.45) is 22.7 Å². The number of ether oxygens (including phenoxy) is 6. The molecule has 0 radical (unpaired) electrons. The van der Waals surface area contributed by atoms with Gasteiger partial charge >= 0.3 is 30.0 Å². The Labute approximate surface area is 348 Å². The van der Waals surface area contributed by atoms with E-state index in [2.05, 4.69) is 5.32 Å². The van der Waals surface area contributed by atoms with E-state index in [9.17, 15) is 34.2 Å². The van der Waals surface area contributed by atoms with Crippen molar-refractivity contribution >= 4 is 35.8 Å². The Hall–Kier alpha value is -5.12. The minimum atomic E-state index is -2.25. The van der Waals surface area contributed by atoms with Gasteiger partial charge in [0.25, 0.3) is 0 Å². The lowest BCUT2D eigenvalue weighted by molar-refractivity contribution is -0.323. The number of esters is 4. The molecule has 1 saturated heterocycles. The standard InChI is InChI=1S/C45H53NO14/c1-23-29(57-39(52)33(49)32(26-15-11-9-12-16-26)46-40(53)60-41(4,5)6)21-45(54)37(58-38(51)27-17-13-10-14-18-27)35-43(36(50)34(56-24(2)47)31(23)42(45,7)8)20-28(43)19-30-44(35,22-55-30)59-25(3)48/h9-18,28-30,32-35,37,49,54H,19-22H2,1-8H3,(H,46,53)/t28-,29+,30-,32+,33-,34+,35+,37+,43-,44+,45-/m1/s1. The molecule has 2 aromatic rings. The summed E-state index contributed by atoms with van der Waals surface area (Å²) in [6, 6.07) is 14.9. The van der Waals surface area contributed by atoms with Crippen LogP contribution in [0.25, 0.3) is 0 Å². The topological polar surface area (TPSA) is 210 Å². The van der Waals surface area contributed by atoms with E-state index in [4.69, 9.17) is 28.4 Å². The fraction of sp³-hybridized carbons (Fsp3) is 0.556. The number of fused-ring (bicyclic) bond motifs is 4. The predicted octanol–water partition coefficient (Wildman–Crippen LogP) is 4.47. The number of amides is 1. The number of aliphatic hydroxyl groups is 2. The molecule has 3 saturated carbocycles. The number of Topliss-reactive ketones (excluding diaryl/α,β-unsaturated/α-hetero) is 1.